The maximum Gasteiger partial charge on any atom is 0.251 e. The van der Waals surface area contributed by atoms with Crippen LogP contribution in [0.2, 0.25) is 0 Å². The predicted molar refractivity (Wildman–Crippen MR) is 92.8 cm³/mol. The zero-order valence-electron chi connectivity index (χ0n) is 14.9. The summed E-state index contributed by atoms with van der Waals surface area (Å²) in [7, 11) is 3.45. The number of aromatic nitrogens is 3. The van der Waals surface area contributed by atoms with E-state index in [9.17, 15) is 4.79 Å². The van der Waals surface area contributed by atoms with Crippen LogP contribution in [0.25, 0.3) is 0 Å². The van der Waals surface area contributed by atoms with E-state index in [4.69, 9.17) is 9.47 Å². The van der Waals surface area contributed by atoms with Crippen molar-refractivity contribution in [3.63, 3.8) is 0 Å². The molecule has 0 spiro atoms. The fourth-order valence-corrected chi connectivity index (χ4v) is 2.96. The number of amides is 1. The predicted octanol–water partition coefficient (Wildman–Crippen LogP) is 2.38. The number of hydrogen-bond donors (Lipinski definition) is 1. The first-order chi connectivity index (χ1) is 12.1. The Morgan fingerprint density at radius 1 is 1.28 bits per heavy atom. The Balaban J connectivity index is 1.66. The van der Waals surface area contributed by atoms with Crippen molar-refractivity contribution in [2.45, 2.75) is 45.3 Å². The van der Waals surface area contributed by atoms with Crippen LogP contribution in [0.3, 0.4) is 0 Å². The molecule has 25 heavy (non-hydrogen) atoms. The first-order valence-electron chi connectivity index (χ1n) is 8.56. The highest BCUT2D eigenvalue weighted by atomic mass is 16.5. The first kappa shape index (κ1) is 17.3. The van der Waals surface area contributed by atoms with Crippen molar-refractivity contribution >= 4 is 5.91 Å². The Bertz CT molecular complexity index is 751. The second kappa shape index (κ2) is 7.55. The van der Waals surface area contributed by atoms with Gasteiger partial charge in [-0.15, -0.1) is 10.2 Å². The van der Waals surface area contributed by atoms with Crippen molar-refractivity contribution in [2.24, 2.45) is 7.05 Å². The highest BCUT2D eigenvalue weighted by molar-refractivity contribution is 5.94. The molecule has 1 saturated carbocycles. The highest BCUT2D eigenvalue weighted by Crippen LogP contribution is 2.32. The number of benzene rings is 1. The fourth-order valence-electron chi connectivity index (χ4n) is 2.96. The largest absolute Gasteiger partial charge is 0.493 e. The summed E-state index contributed by atoms with van der Waals surface area (Å²) in [5.74, 6) is 2.59. The summed E-state index contributed by atoms with van der Waals surface area (Å²) in [6.45, 7) is 2.19. The van der Waals surface area contributed by atoms with Crippen LogP contribution in [-0.2, 0) is 13.6 Å². The maximum absolute atomic E-state index is 12.4. The summed E-state index contributed by atoms with van der Waals surface area (Å²) in [6.07, 6.45) is 4.79. The van der Waals surface area contributed by atoms with Crippen molar-refractivity contribution in [2.75, 3.05) is 7.11 Å². The van der Waals surface area contributed by atoms with Crippen molar-refractivity contribution in [3.05, 3.63) is 35.4 Å². The van der Waals surface area contributed by atoms with E-state index in [1.165, 1.54) is 12.8 Å². The first-order valence-corrected chi connectivity index (χ1v) is 8.56. The average Bonchev–Trinajstić information content (AvgIpc) is 3.24. The minimum atomic E-state index is -0.189. The van der Waals surface area contributed by atoms with Crippen LogP contribution in [0.5, 0.6) is 11.5 Å². The molecule has 2 aromatic rings. The second-order valence-electron chi connectivity index (χ2n) is 6.30. The number of aryl methyl sites for hydroxylation is 1. The van der Waals surface area contributed by atoms with E-state index in [-0.39, 0.29) is 12.0 Å². The maximum atomic E-state index is 12.4. The molecule has 7 nitrogen and oxygen atoms in total. The molecule has 3 rings (SSSR count). The lowest BCUT2D eigenvalue weighted by molar-refractivity contribution is 0.0949. The summed E-state index contributed by atoms with van der Waals surface area (Å²) in [5.41, 5.74) is 0.523. The zero-order valence-corrected chi connectivity index (χ0v) is 14.9. The Hall–Kier alpha value is -2.57. The SMILES string of the molecule is COc1cc(C(=O)NCc2nnc(C)n2C)ccc1OC1CCCC1. The Labute approximate surface area is 147 Å². The van der Waals surface area contributed by atoms with Crippen molar-refractivity contribution in [1.29, 1.82) is 0 Å². The molecule has 1 aliphatic rings. The third-order valence-corrected chi connectivity index (χ3v) is 4.61. The molecule has 1 heterocycles. The number of rotatable bonds is 6. The van der Waals surface area contributed by atoms with Gasteiger partial charge in [0.2, 0.25) is 0 Å². The Morgan fingerprint density at radius 2 is 2.04 bits per heavy atom. The van der Waals surface area contributed by atoms with Gasteiger partial charge in [-0.05, 0) is 50.8 Å². The van der Waals surface area contributed by atoms with E-state index >= 15 is 0 Å². The van der Waals surface area contributed by atoms with Crippen LogP contribution in [0.1, 0.15) is 47.7 Å². The lowest BCUT2D eigenvalue weighted by atomic mass is 10.2. The van der Waals surface area contributed by atoms with Gasteiger partial charge in [0.25, 0.3) is 5.91 Å². The van der Waals surface area contributed by atoms with Gasteiger partial charge in [0.15, 0.2) is 17.3 Å². The van der Waals surface area contributed by atoms with Gasteiger partial charge in [-0.25, -0.2) is 0 Å². The molecule has 0 bridgehead atoms. The normalized spacial score (nSPS) is 14.5. The summed E-state index contributed by atoms with van der Waals surface area (Å²) in [5, 5.41) is 10.9. The molecule has 1 amide bonds. The van der Waals surface area contributed by atoms with E-state index in [1.807, 2.05) is 18.5 Å². The van der Waals surface area contributed by atoms with Crippen molar-refractivity contribution in [1.82, 2.24) is 20.1 Å². The van der Waals surface area contributed by atoms with E-state index in [2.05, 4.69) is 15.5 Å². The number of hydrogen-bond acceptors (Lipinski definition) is 5. The zero-order chi connectivity index (χ0) is 17.8. The van der Waals surface area contributed by atoms with Crippen molar-refractivity contribution < 1.29 is 14.3 Å². The third-order valence-electron chi connectivity index (χ3n) is 4.61. The second-order valence-corrected chi connectivity index (χ2v) is 6.30. The van der Waals surface area contributed by atoms with Crippen LogP contribution in [0.15, 0.2) is 18.2 Å². The quantitative estimate of drug-likeness (QED) is 0.870. The number of nitrogens with zero attached hydrogens (tertiary/aromatic N) is 3. The van der Waals surface area contributed by atoms with Gasteiger partial charge in [-0.2, -0.15) is 0 Å². The monoisotopic (exact) mass is 344 g/mol. The fraction of sp³-hybridized carbons (Fsp3) is 0.500. The van der Waals surface area contributed by atoms with E-state index in [0.717, 1.165) is 18.7 Å². The van der Waals surface area contributed by atoms with Crippen molar-refractivity contribution in [3.8, 4) is 11.5 Å². The molecule has 7 heteroatoms. The number of carbonyl (C=O) groups is 1. The van der Waals surface area contributed by atoms with Crippen LogP contribution in [0, 0.1) is 6.92 Å². The summed E-state index contributed by atoms with van der Waals surface area (Å²) in [6, 6.07) is 5.27. The lowest BCUT2D eigenvalue weighted by Crippen LogP contribution is -2.24. The van der Waals surface area contributed by atoms with Gasteiger partial charge in [-0.1, -0.05) is 0 Å². The minimum absolute atomic E-state index is 0.189. The molecule has 0 radical (unpaired) electrons. The Morgan fingerprint density at radius 3 is 2.68 bits per heavy atom. The van der Waals surface area contributed by atoms with Crippen LogP contribution < -0.4 is 14.8 Å². The van der Waals surface area contributed by atoms with Crippen LogP contribution >= 0.6 is 0 Å². The molecule has 0 atom stereocenters. The summed E-state index contributed by atoms with van der Waals surface area (Å²) >= 11 is 0. The van der Waals surface area contributed by atoms with Gasteiger partial charge in [0.1, 0.15) is 5.82 Å². The van der Waals surface area contributed by atoms with Crippen LogP contribution in [-0.4, -0.2) is 33.9 Å². The molecule has 1 aromatic carbocycles. The number of nitrogens with one attached hydrogen (secondary N) is 1. The minimum Gasteiger partial charge on any atom is -0.493 e. The van der Waals surface area contributed by atoms with Crippen LogP contribution in [0.4, 0.5) is 0 Å². The van der Waals surface area contributed by atoms with Gasteiger partial charge >= 0.3 is 0 Å². The van der Waals surface area contributed by atoms with Gasteiger partial charge in [0.05, 0.1) is 19.8 Å². The molecular weight excluding hydrogens is 320 g/mol. The average molecular weight is 344 g/mol. The third kappa shape index (κ3) is 3.92. The smallest absolute Gasteiger partial charge is 0.251 e. The molecular formula is C18H24N4O3. The summed E-state index contributed by atoms with van der Waals surface area (Å²) in [4.78, 5) is 12.4. The molecule has 1 N–H and O–H groups in total. The molecule has 0 unspecified atom stereocenters. The molecule has 0 aliphatic heterocycles. The topological polar surface area (TPSA) is 78.3 Å². The van der Waals surface area contributed by atoms with E-state index < -0.39 is 0 Å². The molecule has 1 fully saturated rings. The number of ether oxygens (including phenoxy) is 2. The molecule has 134 valence electrons. The standard InChI is InChI=1S/C18H24N4O3/c1-12-20-21-17(22(12)2)11-19-18(23)13-8-9-15(16(10-13)24-3)25-14-6-4-5-7-14/h8-10,14H,4-7,11H2,1-3H3,(H,19,23). The van der Waals surface area contributed by atoms with E-state index in [1.54, 1.807) is 25.3 Å². The van der Waals surface area contributed by atoms with E-state index in [0.29, 0.717) is 29.4 Å². The van der Waals surface area contributed by atoms with Gasteiger partial charge < -0.3 is 19.4 Å². The molecule has 0 saturated heterocycles. The lowest BCUT2D eigenvalue weighted by Gasteiger charge is -2.16. The number of carbonyl (C=O) groups excluding carboxylic acids is 1. The molecule has 1 aliphatic carbocycles. The van der Waals surface area contributed by atoms with Gasteiger partial charge in [0, 0.05) is 12.6 Å². The number of methoxy groups -OCH3 is 1. The highest BCUT2D eigenvalue weighted by Gasteiger charge is 2.19. The Kier molecular flexibility index (Phi) is 5.21. The summed E-state index contributed by atoms with van der Waals surface area (Å²) < 4.78 is 13.2. The molecule has 1 aromatic heterocycles. The van der Waals surface area contributed by atoms with Gasteiger partial charge in [-0.3, -0.25) is 4.79 Å².